The number of ether oxygens (including phenoxy) is 1. The fourth-order valence-corrected chi connectivity index (χ4v) is 3.76. The number of carbonyl (C=O) groups is 4. The van der Waals surface area contributed by atoms with E-state index in [0.717, 1.165) is 24.2 Å². The number of Topliss-reactive ketones (excluding diaryl/α,β-unsaturated/α-hetero) is 1. The van der Waals surface area contributed by atoms with Crippen molar-refractivity contribution in [3.63, 3.8) is 0 Å². The van der Waals surface area contributed by atoms with Gasteiger partial charge in [-0.25, -0.2) is 0 Å². The molecule has 1 aromatic carbocycles. The van der Waals surface area contributed by atoms with E-state index >= 15 is 0 Å². The number of amides is 2. The molecule has 3 rings (SSSR count). The average Bonchev–Trinajstić information content (AvgIpc) is 2.89. The maximum atomic E-state index is 12.1. The Morgan fingerprint density at radius 3 is 2.70 bits per heavy atom. The van der Waals surface area contributed by atoms with Crippen LogP contribution in [0.2, 0.25) is 0 Å². The third-order valence-corrected chi connectivity index (χ3v) is 5.58. The number of ketones is 1. The van der Waals surface area contributed by atoms with Crippen molar-refractivity contribution in [3.8, 4) is 0 Å². The molecule has 7 nitrogen and oxygen atoms in total. The summed E-state index contributed by atoms with van der Waals surface area (Å²) in [7, 11) is 0. The first-order chi connectivity index (χ1) is 12.9. The molecule has 1 aliphatic heterocycles. The highest BCUT2D eigenvalue weighted by atomic mass is 16.5. The molecule has 3 atom stereocenters. The second-order valence-electron chi connectivity index (χ2n) is 7.34. The molecule has 1 N–H and O–H groups in total. The summed E-state index contributed by atoms with van der Waals surface area (Å²) >= 11 is 0. The van der Waals surface area contributed by atoms with Crippen molar-refractivity contribution < 1.29 is 23.9 Å². The second-order valence-corrected chi connectivity index (χ2v) is 7.34. The van der Waals surface area contributed by atoms with Crippen molar-refractivity contribution in [2.75, 3.05) is 18.1 Å². The van der Waals surface area contributed by atoms with E-state index in [1.807, 2.05) is 0 Å². The smallest absolute Gasteiger partial charge is 0.326 e. The van der Waals surface area contributed by atoms with Crippen molar-refractivity contribution in [2.45, 2.75) is 39.2 Å². The monoisotopic (exact) mass is 372 g/mol. The number of nitrogens with one attached hydrogen (secondary N) is 1. The van der Waals surface area contributed by atoms with Gasteiger partial charge in [0.1, 0.15) is 6.54 Å². The zero-order valence-corrected chi connectivity index (χ0v) is 15.6. The Morgan fingerprint density at radius 1 is 1.19 bits per heavy atom. The van der Waals surface area contributed by atoms with Crippen LogP contribution in [0.3, 0.4) is 0 Å². The van der Waals surface area contributed by atoms with E-state index in [4.69, 9.17) is 4.74 Å². The number of benzene rings is 1. The first kappa shape index (κ1) is 19.1. The van der Waals surface area contributed by atoms with Gasteiger partial charge in [-0.3, -0.25) is 24.1 Å². The Bertz CT molecular complexity index is 775. The minimum atomic E-state index is -0.761. The predicted molar refractivity (Wildman–Crippen MR) is 98.2 cm³/mol. The van der Waals surface area contributed by atoms with Crippen molar-refractivity contribution in [3.05, 3.63) is 29.8 Å². The highest BCUT2D eigenvalue weighted by molar-refractivity contribution is 6.52. The highest BCUT2D eigenvalue weighted by Gasteiger charge is 2.37. The minimum absolute atomic E-state index is 0.0876. The molecule has 2 amide bonds. The van der Waals surface area contributed by atoms with Gasteiger partial charge < -0.3 is 10.1 Å². The number of rotatable bonds is 5. The number of carbonyl (C=O) groups excluding carboxylic acids is 4. The van der Waals surface area contributed by atoms with Crippen molar-refractivity contribution in [1.29, 1.82) is 0 Å². The number of hydrogen-bond acceptors (Lipinski definition) is 5. The van der Waals surface area contributed by atoms with Crippen LogP contribution in [0.25, 0.3) is 0 Å². The number of anilines is 1. The Kier molecular flexibility index (Phi) is 5.58. The van der Waals surface area contributed by atoms with Crippen molar-refractivity contribution in [1.82, 2.24) is 5.32 Å². The third kappa shape index (κ3) is 4.02. The molecule has 0 bridgehead atoms. The molecule has 0 radical (unpaired) electrons. The van der Waals surface area contributed by atoms with E-state index in [1.165, 1.54) is 0 Å². The van der Waals surface area contributed by atoms with Gasteiger partial charge in [-0.05, 0) is 30.4 Å². The minimum Gasteiger partial charge on any atom is -0.454 e. The lowest BCUT2D eigenvalue weighted by Crippen LogP contribution is -2.45. The van der Waals surface area contributed by atoms with Gasteiger partial charge in [-0.15, -0.1) is 0 Å². The zero-order chi connectivity index (χ0) is 19.6. The molecular weight excluding hydrogens is 348 g/mol. The van der Waals surface area contributed by atoms with E-state index in [1.54, 1.807) is 24.3 Å². The average molecular weight is 372 g/mol. The Hall–Kier alpha value is -2.70. The van der Waals surface area contributed by atoms with Crippen LogP contribution in [0.4, 0.5) is 5.69 Å². The van der Waals surface area contributed by atoms with E-state index in [0.29, 0.717) is 17.5 Å². The maximum Gasteiger partial charge on any atom is 0.326 e. The van der Waals surface area contributed by atoms with Gasteiger partial charge in [0.2, 0.25) is 0 Å². The van der Waals surface area contributed by atoms with Crippen LogP contribution in [0.5, 0.6) is 0 Å². The maximum absolute atomic E-state index is 12.1. The van der Waals surface area contributed by atoms with Crippen LogP contribution in [0.1, 0.15) is 43.5 Å². The highest BCUT2D eigenvalue weighted by Crippen LogP contribution is 2.29. The largest absolute Gasteiger partial charge is 0.454 e. The van der Waals surface area contributed by atoms with Crippen LogP contribution in [-0.4, -0.2) is 42.8 Å². The second kappa shape index (κ2) is 7.90. The number of esters is 1. The first-order valence-corrected chi connectivity index (χ1v) is 9.28. The fourth-order valence-electron chi connectivity index (χ4n) is 3.76. The van der Waals surface area contributed by atoms with Crippen LogP contribution in [0, 0.1) is 11.8 Å². The third-order valence-electron chi connectivity index (χ3n) is 5.58. The molecule has 144 valence electrons. The molecule has 1 saturated carbocycles. The number of para-hydroxylation sites is 1. The van der Waals surface area contributed by atoms with E-state index in [-0.39, 0.29) is 17.5 Å². The lowest BCUT2D eigenvalue weighted by molar-refractivity contribution is -0.147. The molecule has 1 aliphatic carbocycles. The van der Waals surface area contributed by atoms with Gasteiger partial charge in [0.05, 0.1) is 11.3 Å². The molecule has 7 heteroatoms. The molecule has 0 spiro atoms. The molecule has 2 aliphatic rings. The molecular formula is C20H24N2O5. The summed E-state index contributed by atoms with van der Waals surface area (Å²) in [6.45, 7) is 3.50. The van der Waals surface area contributed by atoms with E-state index in [9.17, 15) is 19.2 Å². The van der Waals surface area contributed by atoms with E-state index in [2.05, 4.69) is 19.2 Å². The Balaban J connectivity index is 1.51. The van der Waals surface area contributed by atoms with Gasteiger partial charge in [0, 0.05) is 6.04 Å². The first-order valence-electron chi connectivity index (χ1n) is 9.28. The van der Waals surface area contributed by atoms with Crippen LogP contribution < -0.4 is 10.2 Å². The van der Waals surface area contributed by atoms with Crippen molar-refractivity contribution >= 4 is 29.3 Å². The number of hydrogen-bond donors (Lipinski definition) is 1. The predicted octanol–water partition coefficient (Wildman–Crippen LogP) is 1.70. The van der Waals surface area contributed by atoms with Crippen molar-refractivity contribution in [2.24, 2.45) is 11.8 Å². The summed E-state index contributed by atoms with van der Waals surface area (Å²) < 4.78 is 5.01. The molecule has 1 heterocycles. The molecule has 0 aromatic heterocycles. The standard InChI is InChI=1S/C20H24N2O5/c1-12-6-5-8-15(13(12)2)21-17(23)11-27-18(24)10-22-16-9-4-3-7-14(16)19(25)20(22)26/h3-4,7,9,12-13,15H,5-6,8,10-11H2,1-2H3,(H,21,23)/t12-,13+,15-/m0/s1. The van der Waals surface area contributed by atoms with Crippen LogP contribution in [-0.2, 0) is 19.1 Å². The molecule has 1 fully saturated rings. The normalized spacial score (nSPS) is 24.5. The summed E-state index contributed by atoms with van der Waals surface area (Å²) in [5.74, 6) is -1.56. The summed E-state index contributed by atoms with van der Waals surface area (Å²) in [6, 6.07) is 6.57. The summed E-state index contributed by atoms with van der Waals surface area (Å²) in [6.07, 6.45) is 3.15. The van der Waals surface area contributed by atoms with Crippen LogP contribution >= 0.6 is 0 Å². The SMILES string of the molecule is C[C@H]1[C@@H](NC(=O)COC(=O)CN2C(=O)C(=O)c3ccccc32)CCC[C@@H]1C. The quantitative estimate of drug-likeness (QED) is 0.627. The zero-order valence-electron chi connectivity index (χ0n) is 15.6. The summed E-state index contributed by atoms with van der Waals surface area (Å²) in [4.78, 5) is 49.2. The lowest BCUT2D eigenvalue weighted by Gasteiger charge is -2.34. The van der Waals surface area contributed by atoms with Crippen LogP contribution in [0.15, 0.2) is 24.3 Å². The summed E-state index contributed by atoms with van der Waals surface area (Å²) in [5, 5.41) is 2.93. The Labute approximate surface area is 158 Å². The molecule has 1 aromatic rings. The molecule has 0 unspecified atom stereocenters. The van der Waals surface area contributed by atoms with Gasteiger partial charge in [0.15, 0.2) is 6.61 Å². The summed E-state index contributed by atoms with van der Waals surface area (Å²) in [5.41, 5.74) is 0.660. The molecule has 27 heavy (non-hydrogen) atoms. The van der Waals surface area contributed by atoms with Gasteiger partial charge in [-0.2, -0.15) is 0 Å². The fraction of sp³-hybridized carbons (Fsp3) is 0.500. The van der Waals surface area contributed by atoms with Gasteiger partial charge in [-0.1, -0.05) is 38.8 Å². The number of fused-ring (bicyclic) bond motifs is 1. The van der Waals surface area contributed by atoms with Gasteiger partial charge in [0.25, 0.3) is 17.6 Å². The van der Waals surface area contributed by atoms with E-state index < -0.39 is 30.8 Å². The molecule has 0 saturated heterocycles. The Morgan fingerprint density at radius 2 is 1.93 bits per heavy atom. The lowest BCUT2D eigenvalue weighted by atomic mass is 9.78. The number of nitrogens with zero attached hydrogens (tertiary/aromatic N) is 1. The van der Waals surface area contributed by atoms with Gasteiger partial charge >= 0.3 is 5.97 Å². The topological polar surface area (TPSA) is 92.8 Å².